The lowest BCUT2D eigenvalue weighted by Gasteiger charge is -2.20. The maximum Gasteiger partial charge on any atom is 0.254 e. The molecular weight excluding hydrogens is 234 g/mol. The van der Waals surface area contributed by atoms with Crippen LogP contribution in [-0.2, 0) is 0 Å². The van der Waals surface area contributed by atoms with Crippen LogP contribution in [-0.4, -0.2) is 57.3 Å². The number of aliphatic hydroxyl groups excluding tert-OH is 2. The van der Waals surface area contributed by atoms with Crippen molar-refractivity contribution in [3.05, 3.63) is 30.1 Å². The number of fused-ring (bicyclic) bond motifs is 1. The number of imidazole rings is 1. The summed E-state index contributed by atoms with van der Waals surface area (Å²) in [4.78, 5) is 20.6. The second-order valence-electron chi connectivity index (χ2n) is 3.87. The minimum atomic E-state index is -0.213. The number of benzene rings is 1. The van der Waals surface area contributed by atoms with E-state index in [4.69, 9.17) is 10.2 Å². The Morgan fingerprint density at radius 1 is 1.28 bits per heavy atom. The van der Waals surface area contributed by atoms with Gasteiger partial charge in [-0.25, -0.2) is 4.98 Å². The first-order chi connectivity index (χ1) is 8.76. The van der Waals surface area contributed by atoms with E-state index in [-0.39, 0.29) is 32.2 Å². The Labute approximate surface area is 104 Å². The zero-order valence-electron chi connectivity index (χ0n) is 9.83. The molecule has 3 N–H and O–H groups in total. The molecule has 2 aromatic rings. The Kier molecular flexibility index (Phi) is 3.91. The summed E-state index contributed by atoms with van der Waals surface area (Å²) in [6.45, 7) is 0.164. The summed E-state index contributed by atoms with van der Waals surface area (Å²) in [5.41, 5.74) is 2.09. The third-order valence-corrected chi connectivity index (χ3v) is 2.69. The third kappa shape index (κ3) is 2.49. The Morgan fingerprint density at radius 2 is 2.00 bits per heavy atom. The number of H-pyrrole nitrogens is 1. The second kappa shape index (κ2) is 5.61. The average molecular weight is 249 g/mol. The van der Waals surface area contributed by atoms with E-state index in [0.717, 1.165) is 11.0 Å². The summed E-state index contributed by atoms with van der Waals surface area (Å²) >= 11 is 0. The highest BCUT2D eigenvalue weighted by atomic mass is 16.3. The van der Waals surface area contributed by atoms with Crippen LogP contribution in [0.25, 0.3) is 11.0 Å². The molecule has 0 aliphatic heterocycles. The molecule has 0 radical (unpaired) electrons. The molecule has 0 fully saturated rings. The van der Waals surface area contributed by atoms with Crippen molar-refractivity contribution in [2.45, 2.75) is 0 Å². The predicted octanol–water partition coefficient (Wildman–Crippen LogP) is -0.0103. The van der Waals surface area contributed by atoms with Gasteiger partial charge in [-0.2, -0.15) is 0 Å². The van der Waals surface area contributed by atoms with Gasteiger partial charge in [-0.15, -0.1) is 0 Å². The molecule has 6 nitrogen and oxygen atoms in total. The number of rotatable bonds is 5. The first kappa shape index (κ1) is 12.5. The summed E-state index contributed by atoms with van der Waals surface area (Å²) in [5.74, 6) is -0.213. The number of amides is 1. The molecule has 0 atom stereocenters. The van der Waals surface area contributed by atoms with Gasteiger partial charge >= 0.3 is 0 Å². The fraction of sp³-hybridized carbons (Fsp3) is 0.333. The number of nitrogens with one attached hydrogen (secondary N) is 1. The highest BCUT2D eigenvalue weighted by Crippen LogP contribution is 2.13. The zero-order valence-corrected chi connectivity index (χ0v) is 9.83. The number of carbonyl (C=O) groups is 1. The van der Waals surface area contributed by atoms with Gasteiger partial charge in [-0.05, 0) is 18.2 Å². The molecule has 0 spiro atoms. The fourth-order valence-electron chi connectivity index (χ4n) is 1.81. The Balaban J connectivity index is 2.24. The largest absolute Gasteiger partial charge is 0.395 e. The van der Waals surface area contributed by atoms with Crippen LogP contribution in [0, 0.1) is 0 Å². The van der Waals surface area contributed by atoms with Gasteiger partial charge in [0.25, 0.3) is 5.91 Å². The van der Waals surface area contributed by atoms with Gasteiger partial charge < -0.3 is 20.1 Å². The van der Waals surface area contributed by atoms with Crippen LogP contribution < -0.4 is 0 Å². The van der Waals surface area contributed by atoms with Gasteiger partial charge in [0.1, 0.15) is 0 Å². The molecule has 1 aromatic heterocycles. The lowest BCUT2D eigenvalue weighted by atomic mass is 10.1. The molecule has 0 aliphatic carbocycles. The smallest absolute Gasteiger partial charge is 0.254 e. The van der Waals surface area contributed by atoms with Crippen LogP contribution in [0.1, 0.15) is 10.4 Å². The van der Waals surface area contributed by atoms with Gasteiger partial charge in [-0.1, -0.05) is 0 Å². The summed E-state index contributed by atoms with van der Waals surface area (Å²) in [5, 5.41) is 17.8. The number of aliphatic hydroxyl groups is 2. The molecule has 0 aliphatic rings. The van der Waals surface area contributed by atoms with Crippen molar-refractivity contribution in [3.63, 3.8) is 0 Å². The lowest BCUT2D eigenvalue weighted by Crippen LogP contribution is -2.35. The van der Waals surface area contributed by atoms with Gasteiger partial charge in [0.15, 0.2) is 0 Å². The van der Waals surface area contributed by atoms with E-state index in [2.05, 4.69) is 9.97 Å². The maximum atomic E-state index is 12.2. The van der Waals surface area contributed by atoms with Crippen LogP contribution in [0.3, 0.4) is 0 Å². The van der Waals surface area contributed by atoms with Crippen molar-refractivity contribution in [1.29, 1.82) is 0 Å². The van der Waals surface area contributed by atoms with Crippen molar-refractivity contribution in [2.24, 2.45) is 0 Å². The third-order valence-electron chi connectivity index (χ3n) is 2.69. The van der Waals surface area contributed by atoms with Crippen molar-refractivity contribution in [3.8, 4) is 0 Å². The van der Waals surface area contributed by atoms with Gasteiger partial charge in [0.2, 0.25) is 0 Å². The molecule has 0 saturated carbocycles. The van der Waals surface area contributed by atoms with Crippen molar-refractivity contribution in [1.82, 2.24) is 14.9 Å². The van der Waals surface area contributed by atoms with Crippen molar-refractivity contribution >= 4 is 16.9 Å². The molecule has 2 rings (SSSR count). The van der Waals surface area contributed by atoms with Gasteiger partial charge in [0, 0.05) is 18.7 Å². The van der Waals surface area contributed by atoms with Gasteiger partial charge in [-0.3, -0.25) is 4.79 Å². The Hall–Kier alpha value is -1.92. The minimum absolute atomic E-state index is 0.127. The van der Waals surface area contributed by atoms with Crippen LogP contribution in [0.4, 0.5) is 0 Å². The van der Waals surface area contributed by atoms with E-state index in [1.807, 2.05) is 0 Å². The number of carbonyl (C=O) groups excluding carboxylic acids is 1. The molecular formula is C12H15N3O3. The maximum absolute atomic E-state index is 12.2. The lowest BCUT2D eigenvalue weighted by molar-refractivity contribution is 0.0685. The van der Waals surface area contributed by atoms with E-state index >= 15 is 0 Å². The fourth-order valence-corrected chi connectivity index (χ4v) is 1.81. The molecule has 1 heterocycles. The second-order valence-corrected chi connectivity index (χ2v) is 3.87. The number of nitrogens with zero attached hydrogens (tertiary/aromatic N) is 2. The van der Waals surface area contributed by atoms with E-state index in [0.29, 0.717) is 5.56 Å². The standard InChI is InChI=1S/C12H15N3O3/c16-5-3-15(4-6-17)12(18)9-1-2-10-11(7-9)14-8-13-10/h1-2,7-8,16-17H,3-6H2,(H,13,14). The molecule has 0 saturated heterocycles. The molecule has 0 unspecified atom stereocenters. The Morgan fingerprint density at radius 3 is 2.67 bits per heavy atom. The first-order valence-corrected chi connectivity index (χ1v) is 5.70. The number of aromatic nitrogens is 2. The van der Waals surface area contributed by atoms with E-state index in [1.54, 1.807) is 24.5 Å². The summed E-state index contributed by atoms with van der Waals surface area (Å²) < 4.78 is 0. The highest BCUT2D eigenvalue weighted by Gasteiger charge is 2.15. The normalized spacial score (nSPS) is 10.8. The zero-order chi connectivity index (χ0) is 13.0. The first-order valence-electron chi connectivity index (χ1n) is 5.70. The Bertz CT molecular complexity index is 532. The molecule has 96 valence electrons. The molecule has 0 bridgehead atoms. The minimum Gasteiger partial charge on any atom is -0.395 e. The van der Waals surface area contributed by atoms with E-state index in [9.17, 15) is 4.79 Å². The topological polar surface area (TPSA) is 89.5 Å². The van der Waals surface area contributed by atoms with Gasteiger partial charge in [0.05, 0.1) is 30.6 Å². The van der Waals surface area contributed by atoms with Crippen molar-refractivity contribution in [2.75, 3.05) is 26.3 Å². The number of hydrogen-bond acceptors (Lipinski definition) is 4. The van der Waals surface area contributed by atoms with Crippen LogP contribution in [0.5, 0.6) is 0 Å². The number of hydrogen-bond donors (Lipinski definition) is 3. The summed E-state index contributed by atoms with van der Waals surface area (Å²) in [6.07, 6.45) is 1.57. The quantitative estimate of drug-likeness (QED) is 0.695. The molecule has 18 heavy (non-hydrogen) atoms. The molecule has 1 amide bonds. The average Bonchev–Trinajstić information content (AvgIpc) is 2.84. The predicted molar refractivity (Wildman–Crippen MR) is 66.2 cm³/mol. The van der Waals surface area contributed by atoms with E-state index in [1.165, 1.54) is 4.90 Å². The summed E-state index contributed by atoms with van der Waals surface area (Å²) in [7, 11) is 0. The molecule has 6 heteroatoms. The number of aromatic amines is 1. The monoisotopic (exact) mass is 249 g/mol. The molecule has 1 aromatic carbocycles. The van der Waals surface area contributed by atoms with E-state index < -0.39 is 0 Å². The highest BCUT2D eigenvalue weighted by molar-refractivity contribution is 5.97. The van der Waals surface area contributed by atoms with Crippen LogP contribution in [0.15, 0.2) is 24.5 Å². The van der Waals surface area contributed by atoms with Crippen LogP contribution >= 0.6 is 0 Å². The van der Waals surface area contributed by atoms with Crippen LogP contribution in [0.2, 0.25) is 0 Å². The SMILES string of the molecule is O=C(c1ccc2nc[nH]c2c1)N(CCO)CCO. The summed E-state index contributed by atoms with van der Waals surface area (Å²) in [6, 6.07) is 5.16. The van der Waals surface area contributed by atoms with Crippen molar-refractivity contribution < 1.29 is 15.0 Å².